The first-order valence-electron chi connectivity index (χ1n) is 1.68. The molecule has 0 heterocycles. The number of nitrogens with zero attached hydrogens (tertiary/aromatic N) is 1. The average Bonchev–Trinajstić information content (AvgIpc) is 1.36. The average molecular weight is 109 g/mol. The van der Waals surface area contributed by atoms with Gasteiger partial charge in [-0.05, 0) is 0 Å². The topological polar surface area (TPSA) is 3.24 Å². The molecule has 0 atom stereocenters. The van der Waals surface area contributed by atoms with Crippen LogP contribution in [0.4, 0.5) is 0 Å². The second kappa shape index (κ2) is 4.51. The van der Waals surface area contributed by atoms with E-state index in [1.807, 2.05) is 14.1 Å². The summed E-state index contributed by atoms with van der Waals surface area (Å²) in [5.41, 5.74) is 0. The van der Waals surface area contributed by atoms with Crippen LogP contribution >= 0.6 is 0 Å². The van der Waals surface area contributed by atoms with Crippen LogP contribution in [0.25, 0.3) is 0 Å². The molecule has 0 N–H and O–H groups in total. The summed E-state index contributed by atoms with van der Waals surface area (Å²) < 4.78 is 0. The quantitative estimate of drug-likeness (QED) is 0.272. The zero-order valence-corrected chi connectivity index (χ0v) is 5.88. The largest absolute Gasteiger partial charge is 1.00 e. The molecule has 0 radical (unpaired) electrons. The minimum Gasteiger partial charge on any atom is -0.763 e. The number of hydrogen-bond donors (Lipinski definition) is 0. The van der Waals surface area contributed by atoms with Crippen LogP contribution in [0.5, 0.6) is 0 Å². The molecule has 36 valence electrons. The van der Waals surface area contributed by atoms with E-state index in [0.717, 1.165) is 0 Å². The van der Waals surface area contributed by atoms with E-state index in [1.54, 1.807) is 4.90 Å². The fourth-order valence-corrected chi connectivity index (χ4v) is 0. The van der Waals surface area contributed by atoms with E-state index in [1.165, 1.54) is 0 Å². The van der Waals surface area contributed by atoms with Gasteiger partial charge in [-0.15, -0.1) is 11.6 Å². The summed E-state index contributed by atoms with van der Waals surface area (Å²) in [7, 11) is 3.74. The van der Waals surface area contributed by atoms with Crippen molar-refractivity contribution >= 4 is 12.6 Å². The Bertz CT molecular complexity index is 62.7. The molecule has 0 fully saturated rings. The fourth-order valence-electron chi connectivity index (χ4n) is 0. The fraction of sp³-hybridized carbons (Fsp3) is 0.500. The Hall–Kier alpha value is 0.357. The van der Waals surface area contributed by atoms with Gasteiger partial charge in [0.25, 0.3) is 0 Å². The predicted octanol–water partition coefficient (Wildman–Crippen LogP) is -2.43. The molecule has 0 aromatic heterocycles. The van der Waals surface area contributed by atoms with Gasteiger partial charge >= 0.3 is 18.9 Å². The van der Waals surface area contributed by atoms with E-state index in [4.69, 9.17) is 0 Å². The molecule has 0 aliphatic carbocycles. The van der Waals surface area contributed by atoms with Gasteiger partial charge < -0.3 is 17.5 Å². The Morgan fingerprint density at radius 3 is 1.71 bits per heavy atom. The maximum absolute atomic E-state index is 4.63. The van der Waals surface area contributed by atoms with E-state index < -0.39 is 0 Å². The molecule has 0 amide bonds. The van der Waals surface area contributed by atoms with E-state index in [9.17, 15) is 0 Å². The Balaban J connectivity index is 0. The normalized spacial score (nSPS) is 6.57. The van der Waals surface area contributed by atoms with Gasteiger partial charge in [-0.3, -0.25) is 0 Å². The molecular formula is C4H8LiNS. The number of rotatable bonds is 1. The van der Waals surface area contributed by atoms with Crippen molar-refractivity contribution in [1.82, 2.24) is 4.90 Å². The molecule has 7 heavy (non-hydrogen) atoms. The second-order valence-electron chi connectivity index (χ2n) is 1.29. The summed E-state index contributed by atoms with van der Waals surface area (Å²) >= 11 is 4.63. The summed E-state index contributed by atoms with van der Waals surface area (Å²) in [6, 6.07) is 0. The van der Waals surface area contributed by atoms with Gasteiger partial charge in [0.2, 0.25) is 0 Å². The molecule has 0 unspecified atom stereocenters. The van der Waals surface area contributed by atoms with Crippen molar-refractivity contribution in [3.05, 3.63) is 11.6 Å². The minimum absolute atomic E-state index is 0. The van der Waals surface area contributed by atoms with Gasteiger partial charge in [0.1, 0.15) is 0 Å². The standard InChI is InChI=1S/C4H9NS.Li/c1-4(6)5(2)3;/h6H,1H2,2-3H3;/q;+1/p-1. The molecule has 0 saturated heterocycles. The van der Waals surface area contributed by atoms with Crippen LogP contribution in [-0.4, -0.2) is 19.0 Å². The minimum atomic E-state index is 0. The molecule has 0 aliphatic rings. The van der Waals surface area contributed by atoms with Gasteiger partial charge in [-0.25, -0.2) is 0 Å². The van der Waals surface area contributed by atoms with Crippen LogP contribution < -0.4 is 18.9 Å². The van der Waals surface area contributed by atoms with Gasteiger partial charge in [0.05, 0.1) is 0 Å². The van der Waals surface area contributed by atoms with E-state index in [0.29, 0.717) is 5.03 Å². The van der Waals surface area contributed by atoms with E-state index in [2.05, 4.69) is 19.2 Å². The predicted molar refractivity (Wildman–Crippen MR) is 30.2 cm³/mol. The Labute approximate surface area is 62.4 Å². The molecule has 1 nitrogen and oxygen atoms in total. The Kier molecular flexibility index (Phi) is 6.68. The maximum Gasteiger partial charge on any atom is 1.00 e. The van der Waals surface area contributed by atoms with Crippen LogP contribution in [0.3, 0.4) is 0 Å². The zero-order valence-electron chi connectivity index (χ0n) is 5.06. The van der Waals surface area contributed by atoms with Gasteiger partial charge in [0, 0.05) is 14.1 Å². The first-order chi connectivity index (χ1) is 2.64. The summed E-state index contributed by atoms with van der Waals surface area (Å²) in [6.07, 6.45) is 0. The summed E-state index contributed by atoms with van der Waals surface area (Å²) in [4.78, 5) is 1.79. The molecule has 0 aromatic rings. The third-order valence-electron chi connectivity index (χ3n) is 0.499. The molecule has 0 saturated carbocycles. The van der Waals surface area contributed by atoms with Crippen molar-refractivity contribution in [2.75, 3.05) is 14.1 Å². The molecule has 0 aliphatic heterocycles. The summed E-state index contributed by atoms with van der Waals surface area (Å²) in [5.74, 6) is 0. The summed E-state index contributed by atoms with van der Waals surface area (Å²) in [6.45, 7) is 3.50. The van der Waals surface area contributed by atoms with Gasteiger partial charge in [-0.1, -0.05) is 0 Å². The second-order valence-corrected chi connectivity index (χ2v) is 1.76. The molecule has 0 spiro atoms. The molecule has 0 aromatic carbocycles. The zero-order chi connectivity index (χ0) is 5.15. The first-order valence-corrected chi connectivity index (χ1v) is 2.08. The Morgan fingerprint density at radius 2 is 1.71 bits per heavy atom. The van der Waals surface area contributed by atoms with Gasteiger partial charge in [-0.2, -0.15) is 0 Å². The van der Waals surface area contributed by atoms with Crippen molar-refractivity contribution < 1.29 is 18.9 Å². The molecule has 3 heteroatoms. The van der Waals surface area contributed by atoms with Crippen molar-refractivity contribution in [3.63, 3.8) is 0 Å². The van der Waals surface area contributed by atoms with Crippen molar-refractivity contribution in [2.24, 2.45) is 0 Å². The first kappa shape index (κ1) is 10.4. The van der Waals surface area contributed by atoms with Crippen LogP contribution in [0.1, 0.15) is 0 Å². The van der Waals surface area contributed by atoms with Crippen molar-refractivity contribution in [3.8, 4) is 0 Å². The van der Waals surface area contributed by atoms with Crippen LogP contribution in [0, 0.1) is 0 Å². The third kappa shape index (κ3) is 6.36. The van der Waals surface area contributed by atoms with E-state index >= 15 is 0 Å². The Morgan fingerprint density at radius 1 is 1.57 bits per heavy atom. The van der Waals surface area contributed by atoms with Crippen molar-refractivity contribution in [1.29, 1.82) is 0 Å². The smallest absolute Gasteiger partial charge is 0.763 e. The van der Waals surface area contributed by atoms with Gasteiger partial charge in [0.15, 0.2) is 0 Å². The molecule has 0 rings (SSSR count). The SMILES string of the molecule is C=C([S-])N(C)C.[Li+]. The molecular weight excluding hydrogens is 101 g/mol. The van der Waals surface area contributed by atoms with Crippen LogP contribution in [0.15, 0.2) is 11.6 Å². The summed E-state index contributed by atoms with van der Waals surface area (Å²) in [5, 5.41) is 0.676. The maximum atomic E-state index is 4.63. The third-order valence-corrected chi connectivity index (χ3v) is 0.864. The van der Waals surface area contributed by atoms with E-state index in [-0.39, 0.29) is 18.9 Å². The van der Waals surface area contributed by atoms with Crippen LogP contribution in [-0.2, 0) is 12.6 Å². The monoisotopic (exact) mass is 109 g/mol. The molecule has 0 bridgehead atoms. The number of hydrogen-bond acceptors (Lipinski definition) is 2. The van der Waals surface area contributed by atoms with Crippen molar-refractivity contribution in [2.45, 2.75) is 0 Å². The van der Waals surface area contributed by atoms with Crippen LogP contribution in [0.2, 0.25) is 0 Å².